The molecule has 2 nitrogen and oxygen atoms in total. The molecule has 0 aromatic heterocycles. The average molecular weight is 276 g/mol. The zero-order valence-corrected chi connectivity index (χ0v) is 13.4. The molecular weight excluding hydrogens is 244 g/mol. The van der Waals surface area contributed by atoms with Gasteiger partial charge in [-0.3, -0.25) is 4.90 Å². The van der Waals surface area contributed by atoms with Gasteiger partial charge in [0.2, 0.25) is 0 Å². The van der Waals surface area contributed by atoms with E-state index in [1.54, 1.807) is 6.42 Å². The Hall–Kier alpha value is -0.0800. The van der Waals surface area contributed by atoms with Gasteiger partial charge in [0.05, 0.1) is 0 Å². The third kappa shape index (κ3) is 1.70. The summed E-state index contributed by atoms with van der Waals surface area (Å²) in [6.07, 6.45) is 10.3. The molecule has 0 spiro atoms. The monoisotopic (exact) mass is 276 g/mol. The van der Waals surface area contributed by atoms with E-state index in [0.29, 0.717) is 5.54 Å². The van der Waals surface area contributed by atoms with E-state index >= 15 is 0 Å². The van der Waals surface area contributed by atoms with Gasteiger partial charge in [0, 0.05) is 18.1 Å². The van der Waals surface area contributed by atoms with E-state index in [4.69, 9.17) is 5.73 Å². The molecule has 114 valence electrons. The molecule has 1 atom stereocenters. The van der Waals surface area contributed by atoms with Crippen LogP contribution < -0.4 is 5.73 Å². The molecule has 0 aromatic rings. The topological polar surface area (TPSA) is 29.3 Å². The number of hydrogen-bond donors (Lipinski definition) is 1. The van der Waals surface area contributed by atoms with Gasteiger partial charge >= 0.3 is 0 Å². The van der Waals surface area contributed by atoms with E-state index in [1.165, 1.54) is 45.1 Å². The normalized spacial score (nSPS) is 51.3. The van der Waals surface area contributed by atoms with Crippen molar-refractivity contribution in [1.29, 1.82) is 0 Å². The predicted molar refractivity (Wildman–Crippen MR) is 83.4 cm³/mol. The Labute approximate surface area is 124 Å². The molecule has 4 bridgehead atoms. The third-order valence-electron chi connectivity index (χ3n) is 7.48. The molecule has 1 heterocycles. The minimum Gasteiger partial charge on any atom is -0.329 e. The Bertz CT molecular complexity index is 348. The summed E-state index contributed by atoms with van der Waals surface area (Å²) in [5.41, 5.74) is 6.88. The van der Waals surface area contributed by atoms with Crippen LogP contribution in [0.25, 0.3) is 0 Å². The van der Waals surface area contributed by atoms with Crippen molar-refractivity contribution in [3.05, 3.63) is 0 Å². The predicted octanol–water partition coefficient (Wildman–Crippen LogP) is 3.26. The fourth-order valence-electron chi connectivity index (χ4n) is 6.92. The van der Waals surface area contributed by atoms with Gasteiger partial charge in [-0.25, -0.2) is 0 Å². The highest BCUT2D eigenvalue weighted by atomic mass is 15.3. The van der Waals surface area contributed by atoms with Crippen LogP contribution in [0, 0.1) is 29.6 Å². The van der Waals surface area contributed by atoms with Gasteiger partial charge in [0.15, 0.2) is 0 Å². The van der Waals surface area contributed by atoms with Crippen molar-refractivity contribution in [1.82, 2.24) is 4.90 Å². The van der Waals surface area contributed by atoms with Gasteiger partial charge in [0.25, 0.3) is 0 Å². The summed E-state index contributed by atoms with van der Waals surface area (Å²) in [5, 5.41) is 0. The fraction of sp³-hybridized carbons (Fsp3) is 1.00. The third-order valence-corrected chi connectivity index (χ3v) is 7.48. The molecule has 1 unspecified atom stereocenters. The zero-order valence-electron chi connectivity index (χ0n) is 13.4. The Morgan fingerprint density at radius 1 is 1.05 bits per heavy atom. The average Bonchev–Trinajstić information content (AvgIpc) is 2.88. The highest BCUT2D eigenvalue weighted by Gasteiger charge is 2.60. The molecule has 0 aromatic carbocycles. The minimum atomic E-state index is 0.388. The zero-order chi connectivity index (χ0) is 13.9. The van der Waals surface area contributed by atoms with Gasteiger partial charge in [-0.15, -0.1) is 0 Å². The first kappa shape index (κ1) is 13.6. The summed E-state index contributed by atoms with van der Waals surface area (Å²) in [5.74, 6) is 4.74. The molecule has 5 fully saturated rings. The fourth-order valence-corrected chi connectivity index (χ4v) is 6.92. The molecular formula is C18H32N2. The summed E-state index contributed by atoms with van der Waals surface area (Å²) in [4.78, 5) is 2.94. The smallest absolute Gasteiger partial charge is 0.0391 e. The van der Waals surface area contributed by atoms with Gasteiger partial charge in [0.1, 0.15) is 0 Å². The molecule has 20 heavy (non-hydrogen) atoms. The summed E-state index contributed by atoms with van der Waals surface area (Å²) in [6, 6.07) is 0.802. The second kappa shape index (κ2) is 4.71. The van der Waals surface area contributed by atoms with Crippen LogP contribution in [-0.4, -0.2) is 29.6 Å². The molecule has 5 aliphatic rings. The van der Waals surface area contributed by atoms with Gasteiger partial charge in [-0.1, -0.05) is 13.8 Å². The van der Waals surface area contributed by atoms with E-state index in [9.17, 15) is 0 Å². The van der Waals surface area contributed by atoms with Crippen molar-refractivity contribution in [3.8, 4) is 0 Å². The van der Waals surface area contributed by atoms with Crippen molar-refractivity contribution >= 4 is 0 Å². The summed E-state index contributed by atoms with van der Waals surface area (Å²) < 4.78 is 0. The molecule has 4 saturated carbocycles. The lowest BCUT2D eigenvalue weighted by atomic mass is 9.48. The summed E-state index contributed by atoms with van der Waals surface area (Å²) in [7, 11) is 0. The van der Waals surface area contributed by atoms with Crippen LogP contribution >= 0.6 is 0 Å². The summed E-state index contributed by atoms with van der Waals surface area (Å²) >= 11 is 0. The standard InChI is InChI=1S/C18H32N2/c1-12(2)17-4-3-5-20(17)18(11-19)15-7-13-6-14(9-15)10-16(18)8-13/h12-17H,3-11,19H2,1-2H3. The number of rotatable bonds is 3. The van der Waals surface area contributed by atoms with Crippen LogP contribution in [0.3, 0.4) is 0 Å². The maximum Gasteiger partial charge on any atom is 0.0391 e. The second-order valence-corrected chi connectivity index (χ2v) is 8.65. The molecule has 1 saturated heterocycles. The highest BCUT2D eigenvalue weighted by Crippen LogP contribution is 2.61. The molecule has 2 N–H and O–H groups in total. The quantitative estimate of drug-likeness (QED) is 0.857. The van der Waals surface area contributed by atoms with E-state index in [-0.39, 0.29) is 0 Å². The van der Waals surface area contributed by atoms with Gasteiger partial charge < -0.3 is 5.73 Å². The second-order valence-electron chi connectivity index (χ2n) is 8.65. The minimum absolute atomic E-state index is 0.388. The largest absolute Gasteiger partial charge is 0.329 e. The molecule has 0 radical (unpaired) electrons. The van der Waals surface area contributed by atoms with Crippen LogP contribution in [0.15, 0.2) is 0 Å². The van der Waals surface area contributed by atoms with Crippen LogP contribution in [-0.2, 0) is 0 Å². The molecule has 1 aliphatic heterocycles. The lowest BCUT2D eigenvalue weighted by Crippen LogP contribution is -2.70. The molecule has 4 aliphatic carbocycles. The first-order chi connectivity index (χ1) is 9.65. The first-order valence-electron chi connectivity index (χ1n) is 9.12. The SMILES string of the molecule is CC(C)C1CCCN1C1(CN)C2CC3CC(C2)CC1C3. The van der Waals surface area contributed by atoms with E-state index < -0.39 is 0 Å². The van der Waals surface area contributed by atoms with Crippen LogP contribution in [0.4, 0.5) is 0 Å². The first-order valence-corrected chi connectivity index (χ1v) is 9.12. The molecule has 0 amide bonds. The van der Waals surface area contributed by atoms with Gasteiger partial charge in [-0.05, 0) is 81.1 Å². The van der Waals surface area contributed by atoms with E-state index in [0.717, 1.165) is 42.2 Å². The highest BCUT2D eigenvalue weighted by molar-refractivity contribution is 5.14. The van der Waals surface area contributed by atoms with Crippen LogP contribution in [0.5, 0.6) is 0 Å². The van der Waals surface area contributed by atoms with E-state index in [2.05, 4.69) is 18.7 Å². The Morgan fingerprint density at radius 2 is 1.65 bits per heavy atom. The van der Waals surface area contributed by atoms with Crippen molar-refractivity contribution in [2.24, 2.45) is 35.3 Å². The van der Waals surface area contributed by atoms with Gasteiger partial charge in [-0.2, -0.15) is 0 Å². The number of likely N-dealkylation sites (tertiary alicyclic amines) is 1. The maximum atomic E-state index is 6.49. The Balaban J connectivity index is 1.69. The van der Waals surface area contributed by atoms with Crippen molar-refractivity contribution in [2.45, 2.75) is 70.4 Å². The van der Waals surface area contributed by atoms with Crippen LogP contribution in [0.2, 0.25) is 0 Å². The number of nitrogens with zero attached hydrogens (tertiary/aromatic N) is 1. The van der Waals surface area contributed by atoms with Crippen molar-refractivity contribution < 1.29 is 0 Å². The lowest BCUT2D eigenvalue weighted by Gasteiger charge is -2.65. The molecule has 5 rings (SSSR count). The van der Waals surface area contributed by atoms with Crippen molar-refractivity contribution in [2.75, 3.05) is 13.1 Å². The lowest BCUT2D eigenvalue weighted by molar-refractivity contribution is -0.139. The molecule has 2 heteroatoms. The summed E-state index contributed by atoms with van der Waals surface area (Å²) in [6.45, 7) is 7.08. The Morgan fingerprint density at radius 3 is 2.15 bits per heavy atom. The Kier molecular flexibility index (Phi) is 3.20. The van der Waals surface area contributed by atoms with E-state index in [1.807, 2.05) is 0 Å². The number of hydrogen-bond acceptors (Lipinski definition) is 2. The van der Waals surface area contributed by atoms with Crippen molar-refractivity contribution in [3.63, 3.8) is 0 Å². The maximum absolute atomic E-state index is 6.49. The van der Waals surface area contributed by atoms with Crippen LogP contribution in [0.1, 0.15) is 58.8 Å². The number of nitrogens with two attached hydrogens (primary N) is 1.